The van der Waals surface area contributed by atoms with Gasteiger partial charge in [0.25, 0.3) is 0 Å². The van der Waals surface area contributed by atoms with Crippen LogP contribution in [-0.2, 0) is 4.79 Å². The van der Waals surface area contributed by atoms with Crippen LogP contribution >= 0.6 is 0 Å². The number of benzene rings is 1. The van der Waals surface area contributed by atoms with Crippen molar-refractivity contribution in [2.75, 3.05) is 13.1 Å². The molecule has 0 aliphatic heterocycles. The Hall–Kier alpha value is -1.35. The number of carbonyl (C=O) groups excluding carboxylic acids is 1. The first-order valence-electron chi connectivity index (χ1n) is 6.10. The Morgan fingerprint density at radius 2 is 1.88 bits per heavy atom. The average Bonchev–Trinajstić information content (AvgIpc) is 2.32. The highest BCUT2D eigenvalue weighted by atomic mass is 16.5. The lowest BCUT2D eigenvalue weighted by Crippen LogP contribution is -2.31. The van der Waals surface area contributed by atoms with E-state index in [-0.39, 0.29) is 11.9 Å². The Morgan fingerprint density at radius 1 is 1.29 bits per heavy atom. The zero-order chi connectivity index (χ0) is 13.1. The van der Waals surface area contributed by atoms with Crippen molar-refractivity contribution in [2.24, 2.45) is 0 Å². The third kappa shape index (κ3) is 8.46. The molecule has 0 spiro atoms. The van der Waals surface area contributed by atoms with Crippen molar-refractivity contribution in [2.45, 2.75) is 33.8 Å². The highest BCUT2D eigenvalue weighted by Crippen LogP contribution is 2.10. The van der Waals surface area contributed by atoms with Crippen LogP contribution in [0.25, 0.3) is 0 Å². The molecular weight excluding hydrogens is 214 g/mol. The molecule has 0 saturated carbocycles. The van der Waals surface area contributed by atoms with E-state index in [0.29, 0.717) is 13.1 Å². The van der Waals surface area contributed by atoms with Crippen molar-refractivity contribution >= 4 is 5.78 Å². The van der Waals surface area contributed by atoms with Crippen LogP contribution in [0.15, 0.2) is 30.3 Å². The van der Waals surface area contributed by atoms with Crippen LogP contribution in [-0.4, -0.2) is 25.0 Å². The van der Waals surface area contributed by atoms with E-state index in [0.717, 1.165) is 5.75 Å². The van der Waals surface area contributed by atoms with E-state index in [1.165, 1.54) is 0 Å². The number of carbonyl (C=O) groups is 1. The maximum atomic E-state index is 10.7. The standard InChI is InChI=1S/C12H17NO2.C2H6/c1-10(14)8-13-9-11(2)15-12-6-4-3-5-7-12;1-2/h3-7,11,13H,8-9H2,1-2H3;1-2H3. The van der Waals surface area contributed by atoms with Crippen LogP contribution in [0.4, 0.5) is 0 Å². The number of nitrogens with one attached hydrogen (secondary N) is 1. The Morgan fingerprint density at radius 3 is 2.41 bits per heavy atom. The second-order valence-electron chi connectivity index (χ2n) is 3.57. The van der Waals surface area contributed by atoms with Gasteiger partial charge in [0, 0.05) is 6.54 Å². The van der Waals surface area contributed by atoms with Crippen molar-refractivity contribution < 1.29 is 9.53 Å². The van der Waals surface area contributed by atoms with Crippen LogP contribution in [0, 0.1) is 0 Å². The number of Topliss-reactive ketones (excluding diaryl/α,β-unsaturated/α-hetero) is 1. The second-order valence-corrected chi connectivity index (χ2v) is 3.57. The molecule has 0 radical (unpaired) electrons. The summed E-state index contributed by atoms with van der Waals surface area (Å²) in [7, 11) is 0. The molecule has 1 unspecified atom stereocenters. The minimum atomic E-state index is 0.0618. The zero-order valence-corrected chi connectivity index (χ0v) is 11.2. The molecule has 3 nitrogen and oxygen atoms in total. The molecule has 0 amide bonds. The summed E-state index contributed by atoms with van der Waals surface area (Å²) in [6.45, 7) is 8.62. The Labute approximate surface area is 104 Å². The second kappa shape index (κ2) is 9.85. The average molecular weight is 237 g/mol. The van der Waals surface area contributed by atoms with E-state index < -0.39 is 0 Å². The molecule has 1 rings (SSSR count). The lowest BCUT2D eigenvalue weighted by Gasteiger charge is -2.14. The van der Waals surface area contributed by atoms with E-state index in [2.05, 4.69) is 5.32 Å². The summed E-state index contributed by atoms with van der Waals surface area (Å²) < 4.78 is 5.62. The van der Waals surface area contributed by atoms with Crippen molar-refractivity contribution in [3.05, 3.63) is 30.3 Å². The minimum Gasteiger partial charge on any atom is -0.489 e. The molecule has 0 aromatic heterocycles. The van der Waals surface area contributed by atoms with E-state index in [9.17, 15) is 4.79 Å². The monoisotopic (exact) mass is 237 g/mol. The van der Waals surface area contributed by atoms with Gasteiger partial charge in [0.1, 0.15) is 17.6 Å². The van der Waals surface area contributed by atoms with Gasteiger partial charge in [0.15, 0.2) is 0 Å². The fraction of sp³-hybridized carbons (Fsp3) is 0.500. The number of hydrogen-bond acceptors (Lipinski definition) is 3. The molecule has 3 heteroatoms. The van der Waals surface area contributed by atoms with Crippen LogP contribution in [0.1, 0.15) is 27.7 Å². The molecule has 1 aromatic carbocycles. The highest BCUT2D eigenvalue weighted by Gasteiger charge is 2.03. The molecule has 17 heavy (non-hydrogen) atoms. The first-order valence-corrected chi connectivity index (χ1v) is 6.10. The normalized spacial score (nSPS) is 11.1. The maximum absolute atomic E-state index is 10.7. The Balaban J connectivity index is 0.00000121. The Bertz CT molecular complexity index is 298. The molecule has 0 aliphatic carbocycles. The Kier molecular flexibility index (Phi) is 9.06. The fourth-order valence-corrected chi connectivity index (χ4v) is 1.22. The van der Waals surface area contributed by atoms with Gasteiger partial charge in [-0.2, -0.15) is 0 Å². The highest BCUT2D eigenvalue weighted by molar-refractivity contribution is 5.77. The largest absolute Gasteiger partial charge is 0.489 e. The van der Waals surface area contributed by atoms with Crippen molar-refractivity contribution in [3.63, 3.8) is 0 Å². The van der Waals surface area contributed by atoms with Gasteiger partial charge in [-0.05, 0) is 26.0 Å². The molecule has 96 valence electrons. The minimum absolute atomic E-state index is 0.0618. The van der Waals surface area contributed by atoms with Gasteiger partial charge in [-0.25, -0.2) is 0 Å². The van der Waals surface area contributed by atoms with Gasteiger partial charge in [0.2, 0.25) is 0 Å². The summed E-state index contributed by atoms with van der Waals surface area (Å²) in [4.78, 5) is 10.7. The van der Waals surface area contributed by atoms with E-state index in [1.807, 2.05) is 51.1 Å². The van der Waals surface area contributed by atoms with E-state index in [4.69, 9.17) is 4.74 Å². The van der Waals surface area contributed by atoms with Crippen molar-refractivity contribution in [1.29, 1.82) is 0 Å². The maximum Gasteiger partial charge on any atom is 0.143 e. The molecule has 0 heterocycles. The summed E-state index contributed by atoms with van der Waals surface area (Å²) in [6, 6.07) is 9.66. The summed E-state index contributed by atoms with van der Waals surface area (Å²) in [6.07, 6.45) is 0.0618. The quantitative estimate of drug-likeness (QED) is 0.826. The summed E-state index contributed by atoms with van der Waals surface area (Å²) >= 11 is 0. The predicted molar refractivity (Wildman–Crippen MR) is 71.4 cm³/mol. The number of ether oxygens (including phenoxy) is 1. The molecule has 1 atom stereocenters. The molecule has 0 aliphatic rings. The van der Waals surface area contributed by atoms with Crippen LogP contribution < -0.4 is 10.1 Å². The van der Waals surface area contributed by atoms with E-state index >= 15 is 0 Å². The lowest BCUT2D eigenvalue weighted by molar-refractivity contribution is -0.116. The summed E-state index contributed by atoms with van der Waals surface area (Å²) in [5.41, 5.74) is 0. The number of rotatable bonds is 6. The van der Waals surface area contributed by atoms with Gasteiger partial charge in [-0.15, -0.1) is 0 Å². The number of para-hydroxylation sites is 1. The van der Waals surface area contributed by atoms with Crippen molar-refractivity contribution in [1.82, 2.24) is 5.32 Å². The summed E-state index contributed by atoms with van der Waals surface area (Å²) in [5, 5.41) is 3.03. The molecule has 0 fully saturated rings. The van der Waals surface area contributed by atoms with Gasteiger partial charge < -0.3 is 10.1 Å². The smallest absolute Gasteiger partial charge is 0.143 e. The SMILES string of the molecule is CC.CC(=O)CNCC(C)Oc1ccccc1. The first-order chi connectivity index (χ1) is 8.18. The molecule has 0 saturated heterocycles. The molecule has 1 N–H and O–H groups in total. The number of ketones is 1. The van der Waals surface area contributed by atoms with Crippen LogP contribution in [0.2, 0.25) is 0 Å². The predicted octanol–water partition coefficient (Wildman–Crippen LogP) is 2.66. The third-order valence-electron chi connectivity index (χ3n) is 1.89. The summed E-state index contributed by atoms with van der Waals surface area (Å²) in [5.74, 6) is 0.997. The zero-order valence-electron chi connectivity index (χ0n) is 11.2. The van der Waals surface area contributed by atoms with Crippen LogP contribution in [0.5, 0.6) is 5.75 Å². The fourth-order valence-electron chi connectivity index (χ4n) is 1.22. The molecule has 0 bridgehead atoms. The third-order valence-corrected chi connectivity index (χ3v) is 1.89. The molecule has 1 aromatic rings. The van der Waals surface area contributed by atoms with Gasteiger partial charge >= 0.3 is 0 Å². The van der Waals surface area contributed by atoms with Crippen LogP contribution in [0.3, 0.4) is 0 Å². The van der Waals surface area contributed by atoms with Crippen molar-refractivity contribution in [3.8, 4) is 5.75 Å². The van der Waals surface area contributed by atoms with E-state index in [1.54, 1.807) is 6.92 Å². The molecular formula is C14H23NO2. The topological polar surface area (TPSA) is 38.3 Å². The van der Waals surface area contributed by atoms with Gasteiger partial charge in [0.05, 0.1) is 6.54 Å². The first kappa shape index (κ1) is 15.7. The van der Waals surface area contributed by atoms with Gasteiger partial charge in [-0.1, -0.05) is 32.0 Å². The lowest BCUT2D eigenvalue weighted by atomic mass is 10.3. The number of hydrogen-bond donors (Lipinski definition) is 1. The van der Waals surface area contributed by atoms with Gasteiger partial charge in [-0.3, -0.25) is 4.79 Å².